The van der Waals surface area contributed by atoms with Crippen LogP contribution in [0.3, 0.4) is 0 Å². The molecular formula is C12H17BrN2O. The standard InChI is InChI=1S/C12H17BrN2O/c1-3-10(7-14)15-12(16)11-6-9(13)5-4-8(11)2/h4-6,10H,3,7,14H2,1-2H3,(H,15,16). The Morgan fingerprint density at radius 1 is 1.56 bits per heavy atom. The third kappa shape index (κ3) is 3.32. The van der Waals surface area contributed by atoms with Gasteiger partial charge in [-0.25, -0.2) is 0 Å². The Morgan fingerprint density at radius 2 is 2.25 bits per heavy atom. The molecule has 16 heavy (non-hydrogen) atoms. The molecule has 3 N–H and O–H groups in total. The van der Waals surface area contributed by atoms with Gasteiger partial charge in [0.25, 0.3) is 5.91 Å². The highest BCUT2D eigenvalue weighted by atomic mass is 79.9. The molecule has 0 fully saturated rings. The zero-order chi connectivity index (χ0) is 12.1. The monoisotopic (exact) mass is 284 g/mol. The largest absolute Gasteiger partial charge is 0.348 e. The minimum atomic E-state index is -0.0592. The first-order chi connectivity index (χ1) is 7.58. The first-order valence-corrected chi connectivity index (χ1v) is 6.14. The van der Waals surface area contributed by atoms with Crippen LogP contribution in [0.25, 0.3) is 0 Å². The lowest BCUT2D eigenvalue weighted by Crippen LogP contribution is -2.39. The van der Waals surface area contributed by atoms with Gasteiger partial charge in [0.15, 0.2) is 0 Å². The van der Waals surface area contributed by atoms with Crippen molar-refractivity contribution in [3.63, 3.8) is 0 Å². The first kappa shape index (κ1) is 13.2. The third-order valence-corrected chi connectivity index (χ3v) is 3.05. The average molecular weight is 285 g/mol. The summed E-state index contributed by atoms with van der Waals surface area (Å²) in [4.78, 5) is 12.0. The summed E-state index contributed by atoms with van der Waals surface area (Å²) in [5.74, 6) is -0.0592. The Morgan fingerprint density at radius 3 is 2.81 bits per heavy atom. The van der Waals surface area contributed by atoms with E-state index in [0.29, 0.717) is 12.1 Å². The molecule has 0 bridgehead atoms. The van der Waals surface area contributed by atoms with Crippen molar-refractivity contribution in [2.24, 2.45) is 5.73 Å². The fourth-order valence-electron chi connectivity index (χ4n) is 1.43. The minimum Gasteiger partial charge on any atom is -0.348 e. The smallest absolute Gasteiger partial charge is 0.251 e. The van der Waals surface area contributed by atoms with Crippen molar-refractivity contribution in [3.8, 4) is 0 Å². The molecule has 1 unspecified atom stereocenters. The molecule has 0 heterocycles. The highest BCUT2D eigenvalue weighted by Crippen LogP contribution is 2.16. The van der Waals surface area contributed by atoms with E-state index >= 15 is 0 Å². The van der Waals surface area contributed by atoms with Crippen LogP contribution in [0.15, 0.2) is 22.7 Å². The van der Waals surface area contributed by atoms with E-state index in [0.717, 1.165) is 16.5 Å². The Balaban J connectivity index is 2.83. The number of halogens is 1. The highest BCUT2D eigenvalue weighted by molar-refractivity contribution is 9.10. The molecule has 1 aromatic rings. The van der Waals surface area contributed by atoms with E-state index in [9.17, 15) is 4.79 Å². The van der Waals surface area contributed by atoms with E-state index in [1.165, 1.54) is 0 Å². The molecule has 0 aliphatic rings. The Kier molecular flexibility index (Phi) is 4.96. The maximum Gasteiger partial charge on any atom is 0.251 e. The summed E-state index contributed by atoms with van der Waals surface area (Å²) in [5, 5.41) is 2.92. The van der Waals surface area contributed by atoms with E-state index in [-0.39, 0.29) is 11.9 Å². The second-order valence-electron chi connectivity index (χ2n) is 3.77. The van der Waals surface area contributed by atoms with Crippen LogP contribution in [-0.4, -0.2) is 18.5 Å². The topological polar surface area (TPSA) is 55.1 Å². The summed E-state index contributed by atoms with van der Waals surface area (Å²) in [6.45, 7) is 4.39. The zero-order valence-electron chi connectivity index (χ0n) is 9.59. The molecule has 0 spiro atoms. The van der Waals surface area contributed by atoms with Gasteiger partial charge in [-0.05, 0) is 31.0 Å². The quantitative estimate of drug-likeness (QED) is 0.891. The van der Waals surface area contributed by atoms with Crippen LogP contribution in [0.5, 0.6) is 0 Å². The summed E-state index contributed by atoms with van der Waals surface area (Å²) < 4.78 is 0.907. The number of nitrogens with one attached hydrogen (secondary N) is 1. The van der Waals surface area contributed by atoms with E-state index < -0.39 is 0 Å². The molecule has 88 valence electrons. The molecule has 0 aliphatic heterocycles. The number of nitrogens with two attached hydrogens (primary N) is 1. The number of rotatable bonds is 4. The third-order valence-electron chi connectivity index (χ3n) is 2.56. The van der Waals surface area contributed by atoms with Gasteiger partial charge < -0.3 is 11.1 Å². The van der Waals surface area contributed by atoms with Gasteiger partial charge in [0.2, 0.25) is 0 Å². The van der Waals surface area contributed by atoms with Crippen molar-refractivity contribution in [2.45, 2.75) is 26.3 Å². The van der Waals surface area contributed by atoms with Crippen LogP contribution >= 0.6 is 15.9 Å². The van der Waals surface area contributed by atoms with Crippen LogP contribution in [-0.2, 0) is 0 Å². The van der Waals surface area contributed by atoms with E-state index in [4.69, 9.17) is 5.73 Å². The van der Waals surface area contributed by atoms with Gasteiger partial charge in [-0.3, -0.25) is 4.79 Å². The van der Waals surface area contributed by atoms with Crippen molar-refractivity contribution in [3.05, 3.63) is 33.8 Å². The van der Waals surface area contributed by atoms with Crippen LogP contribution in [0.2, 0.25) is 0 Å². The zero-order valence-corrected chi connectivity index (χ0v) is 11.2. The molecule has 1 aromatic carbocycles. The number of carbonyl (C=O) groups is 1. The van der Waals surface area contributed by atoms with Crippen LogP contribution in [0.1, 0.15) is 29.3 Å². The van der Waals surface area contributed by atoms with E-state index in [2.05, 4.69) is 21.2 Å². The molecule has 0 aliphatic carbocycles. The van der Waals surface area contributed by atoms with Crippen molar-refractivity contribution in [1.82, 2.24) is 5.32 Å². The summed E-state index contributed by atoms with van der Waals surface area (Å²) in [5.41, 5.74) is 7.21. The van der Waals surface area contributed by atoms with Gasteiger partial charge in [-0.1, -0.05) is 28.9 Å². The summed E-state index contributed by atoms with van der Waals surface area (Å²) in [6.07, 6.45) is 0.843. The summed E-state index contributed by atoms with van der Waals surface area (Å²) in [6, 6.07) is 5.72. The Hall–Kier alpha value is -0.870. The number of amides is 1. The van der Waals surface area contributed by atoms with Gasteiger partial charge in [0, 0.05) is 22.6 Å². The Labute approximate surface area is 105 Å². The maximum atomic E-state index is 12.0. The van der Waals surface area contributed by atoms with Crippen molar-refractivity contribution in [2.75, 3.05) is 6.54 Å². The van der Waals surface area contributed by atoms with Crippen LogP contribution < -0.4 is 11.1 Å². The molecule has 0 saturated carbocycles. The predicted octanol–water partition coefficient (Wildman–Crippen LogP) is 2.22. The molecule has 0 saturated heterocycles. The molecule has 0 radical (unpaired) electrons. The lowest BCUT2D eigenvalue weighted by Gasteiger charge is -2.15. The van der Waals surface area contributed by atoms with Crippen molar-refractivity contribution >= 4 is 21.8 Å². The van der Waals surface area contributed by atoms with Gasteiger partial charge >= 0.3 is 0 Å². The number of benzene rings is 1. The molecule has 1 rings (SSSR count). The van der Waals surface area contributed by atoms with Crippen molar-refractivity contribution < 1.29 is 4.79 Å². The van der Waals surface area contributed by atoms with E-state index in [1.54, 1.807) is 0 Å². The van der Waals surface area contributed by atoms with Gasteiger partial charge in [0.05, 0.1) is 0 Å². The number of carbonyl (C=O) groups excluding carboxylic acids is 1. The van der Waals surface area contributed by atoms with E-state index in [1.807, 2.05) is 32.0 Å². The lowest BCUT2D eigenvalue weighted by atomic mass is 10.1. The minimum absolute atomic E-state index is 0.0471. The average Bonchev–Trinajstić information content (AvgIpc) is 2.28. The van der Waals surface area contributed by atoms with Crippen LogP contribution in [0.4, 0.5) is 0 Å². The lowest BCUT2D eigenvalue weighted by molar-refractivity contribution is 0.0936. The number of hydrogen-bond acceptors (Lipinski definition) is 2. The molecule has 4 heteroatoms. The molecule has 3 nitrogen and oxygen atoms in total. The molecular weight excluding hydrogens is 268 g/mol. The second-order valence-corrected chi connectivity index (χ2v) is 4.69. The normalized spacial score (nSPS) is 12.2. The summed E-state index contributed by atoms with van der Waals surface area (Å²) in [7, 11) is 0. The van der Waals surface area contributed by atoms with Gasteiger partial charge in [0.1, 0.15) is 0 Å². The summed E-state index contributed by atoms with van der Waals surface area (Å²) >= 11 is 3.36. The maximum absolute atomic E-state index is 12.0. The number of hydrogen-bond donors (Lipinski definition) is 2. The fourth-order valence-corrected chi connectivity index (χ4v) is 1.79. The fraction of sp³-hybridized carbons (Fsp3) is 0.417. The van der Waals surface area contributed by atoms with Gasteiger partial charge in [-0.15, -0.1) is 0 Å². The molecule has 1 atom stereocenters. The number of aryl methyl sites for hydroxylation is 1. The Bertz CT molecular complexity index is 375. The van der Waals surface area contributed by atoms with Gasteiger partial charge in [-0.2, -0.15) is 0 Å². The second kappa shape index (κ2) is 6.01. The highest BCUT2D eigenvalue weighted by Gasteiger charge is 2.12. The molecule has 1 amide bonds. The van der Waals surface area contributed by atoms with Crippen molar-refractivity contribution in [1.29, 1.82) is 0 Å². The first-order valence-electron chi connectivity index (χ1n) is 5.35. The van der Waals surface area contributed by atoms with Crippen LogP contribution in [0, 0.1) is 6.92 Å². The predicted molar refractivity (Wildman–Crippen MR) is 69.5 cm³/mol. The SMILES string of the molecule is CCC(CN)NC(=O)c1cc(Br)ccc1C. The molecule has 0 aromatic heterocycles.